The first kappa shape index (κ1) is 16.5. The summed E-state index contributed by atoms with van der Waals surface area (Å²) in [5.74, 6) is 0.103. The Labute approximate surface area is 153 Å². The molecule has 0 aliphatic rings. The van der Waals surface area contributed by atoms with Crippen LogP contribution >= 0.6 is 0 Å². The Balaban J connectivity index is 1.72. The van der Waals surface area contributed by atoms with Crippen LogP contribution in [0.3, 0.4) is 0 Å². The highest BCUT2D eigenvalue weighted by atomic mass is 16.6. The Morgan fingerprint density at radius 1 is 0.926 bits per heavy atom. The summed E-state index contributed by atoms with van der Waals surface area (Å²) in [6.07, 6.45) is 0. The molecule has 0 unspecified atom stereocenters. The summed E-state index contributed by atoms with van der Waals surface area (Å²) in [5.41, 5.74) is 2.80. The molecule has 4 rings (SSSR count). The number of nitrogens with zero attached hydrogens (tertiary/aromatic N) is 3. The molecule has 0 amide bonds. The largest absolute Gasteiger partial charge is 0.507 e. The van der Waals surface area contributed by atoms with Gasteiger partial charge in [-0.2, -0.15) is 5.11 Å². The predicted molar refractivity (Wildman–Crippen MR) is 103 cm³/mol. The van der Waals surface area contributed by atoms with Crippen molar-refractivity contribution in [2.24, 2.45) is 10.2 Å². The monoisotopic (exact) mass is 358 g/mol. The Morgan fingerprint density at radius 2 is 1.70 bits per heavy atom. The molecule has 0 saturated heterocycles. The third-order valence-corrected chi connectivity index (χ3v) is 4.15. The van der Waals surface area contributed by atoms with Crippen LogP contribution in [-0.4, -0.2) is 15.0 Å². The van der Waals surface area contributed by atoms with Gasteiger partial charge in [-0.25, -0.2) is 0 Å². The lowest BCUT2D eigenvalue weighted by Gasteiger charge is -2.03. The van der Waals surface area contributed by atoms with Gasteiger partial charge in [0.25, 0.3) is 5.69 Å². The average Bonchev–Trinajstić information content (AvgIpc) is 3.11. The number of benzene rings is 3. The number of phenolic OH excluding ortho intramolecular Hbond substituents is 1. The molecule has 1 aromatic heterocycles. The van der Waals surface area contributed by atoms with Gasteiger partial charge in [0.2, 0.25) is 0 Å². The number of aromatic nitrogens is 1. The first-order chi connectivity index (χ1) is 13.1. The summed E-state index contributed by atoms with van der Waals surface area (Å²) in [4.78, 5) is 13.8. The number of rotatable bonds is 4. The van der Waals surface area contributed by atoms with Gasteiger partial charge in [-0.3, -0.25) is 10.1 Å². The fourth-order valence-electron chi connectivity index (χ4n) is 2.84. The van der Waals surface area contributed by atoms with E-state index in [4.69, 9.17) is 0 Å². The van der Waals surface area contributed by atoms with Gasteiger partial charge in [0.15, 0.2) is 5.69 Å². The van der Waals surface area contributed by atoms with Crippen LogP contribution in [0.15, 0.2) is 83.0 Å². The number of nitro benzene ring substituents is 1. The highest BCUT2D eigenvalue weighted by Gasteiger charge is 2.12. The fourth-order valence-corrected chi connectivity index (χ4v) is 2.84. The van der Waals surface area contributed by atoms with Crippen molar-refractivity contribution in [3.8, 4) is 17.0 Å². The minimum absolute atomic E-state index is 0.103. The van der Waals surface area contributed by atoms with Crippen LogP contribution in [0, 0.1) is 10.1 Å². The molecule has 0 radical (unpaired) electrons. The van der Waals surface area contributed by atoms with Crippen molar-refractivity contribution < 1.29 is 10.0 Å². The molecule has 3 aromatic carbocycles. The van der Waals surface area contributed by atoms with Gasteiger partial charge in [-0.1, -0.05) is 30.3 Å². The number of nitrogens with one attached hydrogen (secondary N) is 1. The highest BCUT2D eigenvalue weighted by Crippen LogP contribution is 2.35. The average molecular weight is 358 g/mol. The van der Waals surface area contributed by atoms with Crippen LogP contribution in [0.25, 0.3) is 22.2 Å². The number of aromatic hydroxyl groups is 1. The summed E-state index contributed by atoms with van der Waals surface area (Å²) in [6.45, 7) is 0. The highest BCUT2D eigenvalue weighted by molar-refractivity contribution is 5.87. The van der Waals surface area contributed by atoms with E-state index in [9.17, 15) is 15.2 Å². The molecule has 0 spiro atoms. The molecule has 0 aliphatic carbocycles. The van der Waals surface area contributed by atoms with Gasteiger partial charge in [-0.05, 0) is 36.4 Å². The maximum absolute atomic E-state index is 11.1. The molecule has 1 heterocycles. The molecule has 7 nitrogen and oxygen atoms in total. The zero-order chi connectivity index (χ0) is 18.8. The Kier molecular flexibility index (Phi) is 4.10. The summed E-state index contributed by atoms with van der Waals surface area (Å²) in [5, 5.41) is 30.4. The lowest BCUT2D eigenvalue weighted by Crippen LogP contribution is -1.87. The van der Waals surface area contributed by atoms with E-state index in [-0.39, 0.29) is 17.1 Å². The summed E-state index contributed by atoms with van der Waals surface area (Å²) >= 11 is 0. The van der Waals surface area contributed by atoms with E-state index >= 15 is 0 Å². The van der Waals surface area contributed by atoms with Crippen molar-refractivity contribution in [2.75, 3.05) is 0 Å². The molecule has 7 heteroatoms. The normalized spacial score (nSPS) is 11.3. The number of hydrogen-bond acceptors (Lipinski definition) is 5. The van der Waals surface area contributed by atoms with Gasteiger partial charge in [-0.15, -0.1) is 5.11 Å². The number of H-pyrrole nitrogens is 1. The van der Waals surface area contributed by atoms with Crippen LogP contribution < -0.4 is 0 Å². The standard InChI is InChI=1S/C20H14N4O3/c25-20-10-9-14(22-23-17-7-3-4-8-19(17)24(26)27)12-15(20)18-11-13-5-1-2-6-16(13)21-18/h1-12,21,25H. The van der Waals surface area contributed by atoms with Gasteiger partial charge < -0.3 is 10.1 Å². The topological polar surface area (TPSA) is 104 Å². The maximum atomic E-state index is 11.1. The lowest BCUT2D eigenvalue weighted by molar-refractivity contribution is -0.384. The lowest BCUT2D eigenvalue weighted by atomic mass is 10.1. The third-order valence-electron chi connectivity index (χ3n) is 4.15. The van der Waals surface area contributed by atoms with Gasteiger partial charge in [0, 0.05) is 22.5 Å². The molecule has 132 valence electrons. The third kappa shape index (κ3) is 3.25. The number of hydrogen-bond donors (Lipinski definition) is 2. The van der Waals surface area contributed by atoms with Crippen molar-refractivity contribution in [2.45, 2.75) is 0 Å². The van der Waals surface area contributed by atoms with E-state index in [1.165, 1.54) is 18.2 Å². The van der Waals surface area contributed by atoms with Crippen LogP contribution in [0.2, 0.25) is 0 Å². The first-order valence-electron chi connectivity index (χ1n) is 8.18. The van der Waals surface area contributed by atoms with Crippen molar-refractivity contribution in [1.82, 2.24) is 4.98 Å². The molecule has 0 bridgehead atoms. The molecule has 0 atom stereocenters. The predicted octanol–water partition coefficient (Wildman–Crippen LogP) is 5.86. The van der Waals surface area contributed by atoms with Crippen LogP contribution in [0.5, 0.6) is 5.75 Å². The van der Waals surface area contributed by atoms with E-state index in [0.717, 1.165) is 16.6 Å². The second-order valence-electron chi connectivity index (χ2n) is 5.92. The number of fused-ring (bicyclic) bond motifs is 1. The van der Waals surface area contributed by atoms with E-state index in [1.807, 2.05) is 30.3 Å². The van der Waals surface area contributed by atoms with Crippen molar-refractivity contribution in [1.29, 1.82) is 0 Å². The molecule has 4 aromatic rings. The number of para-hydroxylation sites is 2. The van der Waals surface area contributed by atoms with E-state index in [0.29, 0.717) is 11.3 Å². The number of phenols is 1. The number of nitro groups is 1. The molecular weight excluding hydrogens is 344 g/mol. The second kappa shape index (κ2) is 6.72. The van der Waals surface area contributed by atoms with E-state index in [1.54, 1.807) is 24.3 Å². The summed E-state index contributed by atoms with van der Waals surface area (Å²) in [6, 6.07) is 20.7. The smallest absolute Gasteiger partial charge is 0.296 e. The Morgan fingerprint density at radius 3 is 2.52 bits per heavy atom. The summed E-state index contributed by atoms with van der Waals surface area (Å²) < 4.78 is 0. The first-order valence-corrected chi connectivity index (χ1v) is 8.18. The van der Waals surface area contributed by atoms with Gasteiger partial charge >= 0.3 is 0 Å². The van der Waals surface area contributed by atoms with Crippen LogP contribution in [0.4, 0.5) is 17.1 Å². The zero-order valence-electron chi connectivity index (χ0n) is 14.0. The molecule has 27 heavy (non-hydrogen) atoms. The maximum Gasteiger partial charge on any atom is 0.296 e. The van der Waals surface area contributed by atoms with Crippen LogP contribution in [0.1, 0.15) is 0 Å². The quantitative estimate of drug-likeness (QED) is 0.271. The molecule has 0 aliphatic heterocycles. The van der Waals surface area contributed by atoms with E-state index in [2.05, 4.69) is 15.2 Å². The molecule has 2 N–H and O–H groups in total. The van der Waals surface area contributed by atoms with Crippen molar-refractivity contribution >= 4 is 28.0 Å². The van der Waals surface area contributed by atoms with Crippen molar-refractivity contribution in [3.05, 3.63) is 82.9 Å². The fraction of sp³-hybridized carbons (Fsp3) is 0. The van der Waals surface area contributed by atoms with Gasteiger partial charge in [0.1, 0.15) is 5.75 Å². The Hall–Kier alpha value is -4.00. The minimum atomic E-state index is -0.499. The number of azo groups is 1. The second-order valence-corrected chi connectivity index (χ2v) is 5.92. The minimum Gasteiger partial charge on any atom is -0.507 e. The Bertz CT molecular complexity index is 1150. The molecule has 0 fully saturated rings. The molecule has 0 saturated carbocycles. The van der Waals surface area contributed by atoms with Crippen LogP contribution in [-0.2, 0) is 0 Å². The summed E-state index contributed by atoms with van der Waals surface area (Å²) in [7, 11) is 0. The van der Waals surface area contributed by atoms with Gasteiger partial charge in [0.05, 0.1) is 16.3 Å². The van der Waals surface area contributed by atoms with Crippen molar-refractivity contribution in [3.63, 3.8) is 0 Å². The van der Waals surface area contributed by atoms with E-state index < -0.39 is 4.92 Å². The number of aromatic amines is 1. The zero-order valence-corrected chi connectivity index (χ0v) is 14.0. The SMILES string of the molecule is O=[N+]([O-])c1ccccc1N=Nc1ccc(O)c(-c2cc3ccccc3[nH]2)c1. The molecular formula is C20H14N4O3.